The topological polar surface area (TPSA) is 28.7 Å². The van der Waals surface area contributed by atoms with Gasteiger partial charge < -0.3 is 4.98 Å². The minimum Gasteiger partial charge on any atom is -0.334 e. The molecule has 10 heavy (non-hydrogen) atoms. The number of H-pyrrole nitrogens is 1. The van der Waals surface area contributed by atoms with Crippen molar-refractivity contribution in [3.8, 4) is 0 Å². The molecule has 54 valence electrons. The molecule has 0 fully saturated rings. The Balaban J connectivity index is 3.46. The highest BCUT2D eigenvalue weighted by atomic mass is 79.9. The summed E-state index contributed by atoms with van der Waals surface area (Å²) in [5, 5.41) is 0.404. The third kappa shape index (κ3) is 1.56. The molecule has 0 saturated carbocycles. The lowest BCUT2D eigenvalue weighted by atomic mass is 10.5. The van der Waals surface area contributed by atoms with Gasteiger partial charge in [0.1, 0.15) is 5.15 Å². The fraction of sp³-hybridized carbons (Fsp3) is 0.200. The highest BCUT2D eigenvalue weighted by molar-refractivity contribution is 9.10. The molecule has 0 atom stereocenters. The predicted octanol–water partition coefficient (Wildman–Crippen LogP) is 2.86. The Morgan fingerprint density at radius 3 is 2.80 bits per heavy atom. The molecule has 0 radical (unpaired) electrons. The first-order chi connectivity index (χ1) is 4.61. The predicted molar refractivity (Wildman–Crippen MR) is 46.9 cm³/mol. The molecule has 0 aromatic carbocycles. The number of nitrogens with one attached hydrogen (secondary N) is 1. The largest absolute Gasteiger partial charge is 0.334 e. The molecule has 2 nitrogen and oxygen atoms in total. The van der Waals surface area contributed by atoms with Gasteiger partial charge in [0.15, 0.2) is 4.77 Å². The summed E-state index contributed by atoms with van der Waals surface area (Å²) in [6.07, 6.45) is 0. The minimum absolute atomic E-state index is 0.404. The highest BCUT2D eigenvalue weighted by Crippen LogP contribution is 2.21. The van der Waals surface area contributed by atoms with E-state index >= 15 is 0 Å². The van der Waals surface area contributed by atoms with Gasteiger partial charge in [-0.15, -0.1) is 0 Å². The van der Waals surface area contributed by atoms with E-state index < -0.39 is 0 Å². The van der Waals surface area contributed by atoms with Crippen molar-refractivity contribution in [3.63, 3.8) is 0 Å². The SMILES string of the molecule is Cc1[nH]c(=S)nc(Cl)c1Br. The van der Waals surface area contributed by atoms with Crippen LogP contribution < -0.4 is 0 Å². The van der Waals surface area contributed by atoms with E-state index in [0.29, 0.717) is 9.92 Å². The molecule has 1 heterocycles. The Morgan fingerprint density at radius 1 is 1.70 bits per heavy atom. The maximum absolute atomic E-state index is 5.67. The summed E-state index contributed by atoms with van der Waals surface area (Å²) in [6.45, 7) is 1.87. The summed E-state index contributed by atoms with van der Waals surface area (Å²) in [7, 11) is 0. The molecular formula is C5H4BrClN2S. The van der Waals surface area contributed by atoms with E-state index in [1.165, 1.54) is 0 Å². The zero-order valence-corrected chi connectivity index (χ0v) is 8.27. The van der Waals surface area contributed by atoms with Crippen LogP contribution in [0.4, 0.5) is 0 Å². The summed E-state index contributed by atoms with van der Waals surface area (Å²) in [4.78, 5) is 6.66. The quantitative estimate of drug-likeness (QED) is 0.557. The first kappa shape index (κ1) is 8.17. The van der Waals surface area contributed by atoms with Crippen molar-refractivity contribution in [2.45, 2.75) is 6.92 Å². The number of aryl methyl sites for hydroxylation is 1. The van der Waals surface area contributed by atoms with Gasteiger partial charge in [-0.2, -0.15) is 0 Å². The molecule has 1 rings (SSSR count). The smallest absolute Gasteiger partial charge is 0.198 e. The van der Waals surface area contributed by atoms with E-state index in [1.54, 1.807) is 0 Å². The Bertz CT molecular complexity index is 283. The standard InChI is InChI=1S/C5H4BrClN2S/c1-2-3(6)4(7)9-5(10)8-2/h1H3,(H,8,9,10). The van der Waals surface area contributed by atoms with Crippen LogP contribution in [-0.4, -0.2) is 9.97 Å². The summed E-state index contributed by atoms with van der Waals surface area (Å²) in [6, 6.07) is 0. The van der Waals surface area contributed by atoms with Crippen molar-refractivity contribution in [3.05, 3.63) is 20.1 Å². The average molecular weight is 240 g/mol. The normalized spacial score (nSPS) is 9.90. The summed E-state index contributed by atoms with van der Waals surface area (Å²) in [5.41, 5.74) is 0.894. The third-order valence-corrected chi connectivity index (χ3v) is 2.67. The summed E-state index contributed by atoms with van der Waals surface area (Å²) < 4.78 is 1.17. The maximum Gasteiger partial charge on any atom is 0.198 e. The van der Waals surface area contributed by atoms with E-state index in [-0.39, 0.29) is 0 Å². The fourth-order valence-corrected chi connectivity index (χ4v) is 1.24. The van der Waals surface area contributed by atoms with Crippen LogP contribution in [0.25, 0.3) is 0 Å². The zero-order valence-electron chi connectivity index (χ0n) is 5.11. The second-order valence-corrected chi connectivity index (χ2v) is 3.31. The molecule has 0 aliphatic rings. The number of rotatable bonds is 0. The molecule has 0 amide bonds. The zero-order chi connectivity index (χ0) is 7.72. The van der Waals surface area contributed by atoms with Crippen LogP contribution >= 0.6 is 39.7 Å². The number of nitrogens with zero attached hydrogens (tertiary/aromatic N) is 1. The lowest BCUT2D eigenvalue weighted by Gasteiger charge is -1.97. The molecule has 1 N–H and O–H groups in total. The van der Waals surface area contributed by atoms with Gasteiger partial charge in [0.05, 0.1) is 4.47 Å². The molecule has 0 spiro atoms. The second-order valence-electron chi connectivity index (χ2n) is 1.77. The number of aromatic nitrogens is 2. The van der Waals surface area contributed by atoms with Gasteiger partial charge in [-0.1, -0.05) is 11.6 Å². The van der Waals surface area contributed by atoms with E-state index in [2.05, 4.69) is 25.9 Å². The molecule has 0 aliphatic heterocycles. The third-order valence-electron chi connectivity index (χ3n) is 1.00. The lowest BCUT2D eigenvalue weighted by Crippen LogP contribution is -1.88. The monoisotopic (exact) mass is 238 g/mol. The van der Waals surface area contributed by atoms with Crippen molar-refractivity contribution in [2.24, 2.45) is 0 Å². The van der Waals surface area contributed by atoms with Crippen molar-refractivity contribution in [1.82, 2.24) is 9.97 Å². The molecule has 0 saturated heterocycles. The van der Waals surface area contributed by atoms with Gasteiger partial charge in [0.25, 0.3) is 0 Å². The molecular weight excluding hydrogens is 235 g/mol. The molecule has 1 aromatic heterocycles. The van der Waals surface area contributed by atoms with Crippen LogP contribution in [0.3, 0.4) is 0 Å². The molecule has 0 bridgehead atoms. The van der Waals surface area contributed by atoms with Crippen LogP contribution in [0.15, 0.2) is 4.47 Å². The highest BCUT2D eigenvalue weighted by Gasteiger charge is 2.00. The number of aromatic amines is 1. The van der Waals surface area contributed by atoms with Gasteiger partial charge in [-0.3, -0.25) is 0 Å². The van der Waals surface area contributed by atoms with E-state index in [9.17, 15) is 0 Å². The van der Waals surface area contributed by atoms with Crippen LogP contribution in [0, 0.1) is 11.7 Å². The maximum atomic E-state index is 5.67. The lowest BCUT2D eigenvalue weighted by molar-refractivity contribution is 1.06. The van der Waals surface area contributed by atoms with E-state index in [1.807, 2.05) is 6.92 Å². The van der Waals surface area contributed by atoms with Crippen LogP contribution in [-0.2, 0) is 0 Å². The van der Waals surface area contributed by atoms with Crippen molar-refractivity contribution < 1.29 is 0 Å². The van der Waals surface area contributed by atoms with Crippen LogP contribution in [0.5, 0.6) is 0 Å². The van der Waals surface area contributed by atoms with Crippen molar-refractivity contribution >= 4 is 39.7 Å². The van der Waals surface area contributed by atoms with Gasteiger partial charge in [-0.25, -0.2) is 4.98 Å². The van der Waals surface area contributed by atoms with Crippen molar-refractivity contribution in [1.29, 1.82) is 0 Å². The van der Waals surface area contributed by atoms with Gasteiger partial charge in [-0.05, 0) is 35.1 Å². The van der Waals surface area contributed by atoms with Crippen LogP contribution in [0.2, 0.25) is 5.15 Å². The Labute approximate surface area is 76.8 Å². The van der Waals surface area contributed by atoms with E-state index in [0.717, 1.165) is 10.2 Å². The first-order valence-electron chi connectivity index (χ1n) is 2.53. The van der Waals surface area contributed by atoms with Gasteiger partial charge in [0, 0.05) is 5.69 Å². The Hall–Kier alpha value is 0.0700. The number of halogens is 2. The molecule has 0 aliphatic carbocycles. The molecule has 0 unspecified atom stereocenters. The number of hydrogen-bond acceptors (Lipinski definition) is 2. The molecule has 5 heteroatoms. The summed E-state index contributed by atoms with van der Waals surface area (Å²) in [5.74, 6) is 0. The van der Waals surface area contributed by atoms with Gasteiger partial charge >= 0.3 is 0 Å². The van der Waals surface area contributed by atoms with E-state index in [4.69, 9.17) is 23.8 Å². The summed E-state index contributed by atoms with van der Waals surface area (Å²) >= 11 is 13.7. The van der Waals surface area contributed by atoms with Crippen molar-refractivity contribution in [2.75, 3.05) is 0 Å². The molecule has 1 aromatic rings. The Kier molecular flexibility index (Phi) is 2.44. The van der Waals surface area contributed by atoms with Gasteiger partial charge in [0.2, 0.25) is 0 Å². The fourth-order valence-electron chi connectivity index (χ4n) is 0.536. The average Bonchev–Trinajstić information content (AvgIpc) is 1.82. The first-order valence-corrected chi connectivity index (χ1v) is 4.11. The Morgan fingerprint density at radius 2 is 2.30 bits per heavy atom. The minimum atomic E-state index is 0.404. The number of hydrogen-bond donors (Lipinski definition) is 1. The second kappa shape index (κ2) is 2.98. The van der Waals surface area contributed by atoms with Crippen LogP contribution in [0.1, 0.15) is 5.69 Å².